The van der Waals surface area contributed by atoms with Crippen molar-refractivity contribution in [3.8, 4) is 0 Å². The summed E-state index contributed by atoms with van der Waals surface area (Å²) in [6.07, 6.45) is 0. The quantitative estimate of drug-likeness (QED) is 0.585. The molecule has 18 heavy (non-hydrogen) atoms. The Kier molecular flexibility index (Phi) is 5.30. The van der Waals surface area contributed by atoms with Gasteiger partial charge in [-0.05, 0) is 25.1 Å². The number of nitrogens with one attached hydrogen (secondary N) is 2. The number of carbonyl (C=O) groups is 2. The third kappa shape index (κ3) is 4.12. The Morgan fingerprint density at radius 1 is 1.44 bits per heavy atom. The van der Waals surface area contributed by atoms with Crippen LogP contribution in [0.5, 0.6) is 0 Å². The first-order valence-electron chi connectivity index (χ1n) is 5.18. The molecule has 0 aliphatic rings. The fraction of sp³-hybridized carbons (Fsp3) is 0.273. The van der Waals surface area contributed by atoms with Crippen molar-refractivity contribution in [1.29, 1.82) is 0 Å². The predicted octanol–water partition coefficient (Wildman–Crippen LogP) is 1.86. The summed E-state index contributed by atoms with van der Waals surface area (Å²) < 4.78 is 0. The van der Waals surface area contributed by atoms with E-state index in [9.17, 15) is 9.59 Å². The van der Waals surface area contributed by atoms with Gasteiger partial charge in [0.1, 0.15) is 0 Å². The van der Waals surface area contributed by atoms with Crippen molar-refractivity contribution in [2.45, 2.75) is 17.1 Å². The van der Waals surface area contributed by atoms with Crippen LogP contribution in [0.4, 0.5) is 10.5 Å². The smallest absolute Gasteiger partial charge is 0.321 e. The van der Waals surface area contributed by atoms with Crippen molar-refractivity contribution >= 4 is 41.0 Å². The van der Waals surface area contributed by atoms with Crippen LogP contribution in [0.25, 0.3) is 0 Å². The van der Waals surface area contributed by atoms with E-state index in [2.05, 4.69) is 10.6 Å². The molecule has 0 spiro atoms. The topological polar surface area (TPSA) is 84.2 Å². The molecule has 0 aliphatic carbocycles. The van der Waals surface area contributed by atoms with E-state index < -0.39 is 17.2 Å². The second-order valence-corrected chi connectivity index (χ2v) is 5.31. The normalized spacial score (nSPS) is 11.7. The van der Waals surface area contributed by atoms with Crippen molar-refractivity contribution in [2.75, 3.05) is 12.8 Å². The number of anilines is 1. The van der Waals surface area contributed by atoms with Gasteiger partial charge in [0.15, 0.2) is 0 Å². The number of nitrogen functional groups attached to an aromatic ring is 1. The Balaban J connectivity index is 2.69. The molecule has 98 valence electrons. The number of nitrogens with two attached hydrogens (primary N) is 1. The van der Waals surface area contributed by atoms with E-state index in [0.717, 1.165) is 0 Å². The van der Waals surface area contributed by atoms with Gasteiger partial charge >= 0.3 is 6.03 Å². The fourth-order valence-corrected chi connectivity index (χ4v) is 2.31. The molecule has 5 nitrogen and oxygen atoms in total. The van der Waals surface area contributed by atoms with Gasteiger partial charge in [-0.1, -0.05) is 11.6 Å². The maximum atomic E-state index is 11.6. The molecule has 0 saturated carbocycles. The number of benzene rings is 1. The number of amides is 3. The highest BCUT2D eigenvalue weighted by atomic mass is 35.5. The average molecular weight is 288 g/mol. The van der Waals surface area contributed by atoms with E-state index in [1.165, 1.54) is 18.8 Å². The SMILES string of the molecule is CNC(=O)NC(=O)C(C)Sc1cc(N)ccc1Cl. The van der Waals surface area contributed by atoms with E-state index in [1.54, 1.807) is 25.1 Å². The lowest BCUT2D eigenvalue weighted by Gasteiger charge is -2.12. The van der Waals surface area contributed by atoms with Gasteiger partial charge in [0.25, 0.3) is 0 Å². The molecule has 0 fully saturated rings. The summed E-state index contributed by atoms with van der Waals surface area (Å²) in [7, 11) is 1.44. The molecule has 1 aromatic carbocycles. The number of thioether (sulfide) groups is 1. The monoisotopic (exact) mass is 287 g/mol. The molecule has 7 heteroatoms. The lowest BCUT2D eigenvalue weighted by atomic mass is 10.3. The van der Waals surface area contributed by atoms with Crippen LogP contribution in [-0.4, -0.2) is 24.2 Å². The van der Waals surface area contributed by atoms with Crippen molar-refractivity contribution in [3.05, 3.63) is 23.2 Å². The van der Waals surface area contributed by atoms with Crippen LogP contribution >= 0.6 is 23.4 Å². The lowest BCUT2D eigenvalue weighted by molar-refractivity contribution is -0.119. The van der Waals surface area contributed by atoms with Gasteiger partial charge in [0.05, 0.1) is 10.3 Å². The minimum atomic E-state index is -0.536. The average Bonchev–Trinajstić information content (AvgIpc) is 2.33. The van der Waals surface area contributed by atoms with Gasteiger partial charge in [-0.2, -0.15) is 0 Å². The number of carbonyl (C=O) groups excluding carboxylic acids is 2. The summed E-state index contributed by atoms with van der Waals surface area (Å²) in [6.45, 7) is 1.68. The second kappa shape index (κ2) is 6.51. The van der Waals surface area contributed by atoms with Gasteiger partial charge in [0, 0.05) is 17.6 Å². The zero-order chi connectivity index (χ0) is 13.7. The van der Waals surface area contributed by atoms with Gasteiger partial charge in [-0.15, -0.1) is 11.8 Å². The second-order valence-electron chi connectivity index (χ2n) is 3.52. The van der Waals surface area contributed by atoms with E-state index in [0.29, 0.717) is 15.6 Å². The third-order valence-corrected chi connectivity index (χ3v) is 3.69. The molecular formula is C11H14ClN3O2S. The number of imide groups is 1. The Morgan fingerprint density at radius 3 is 2.72 bits per heavy atom. The van der Waals surface area contributed by atoms with Crippen molar-refractivity contribution in [1.82, 2.24) is 10.6 Å². The molecular weight excluding hydrogens is 274 g/mol. The van der Waals surface area contributed by atoms with Crippen LogP contribution in [0, 0.1) is 0 Å². The number of hydrogen-bond donors (Lipinski definition) is 3. The zero-order valence-corrected chi connectivity index (χ0v) is 11.6. The van der Waals surface area contributed by atoms with E-state index >= 15 is 0 Å². The van der Waals surface area contributed by atoms with Gasteiger partial charge < -0.3 is 11.1 Å². The molecule has 1 rings (SSSR count). The largest absolute Gasteiger partial charge is 0.399 e. The Morgan fingerprint density at radius 2 is 2.11 bits per heavy atom. The first kappa shape index (κ1) is 14.7. The van der Waals surface area contributed by atoms with Crippen molar-refractivity contribution in [2.24, 2.45) is 0 Å². The van der Waals surface area contributed by atoms with Crippen LogP contribution in [-0.2, 0) is 4.79 Å². The Bertz CT molecular complexity index is 468. The lowest BCUT2D eigenvalue weighted by Crippen LogP contribution is -2.41. The highest BCUT2D eigenvalue weighted by Crippen LogP contribution is 2.31. The van der Waals surface area contributed by atoms with Crippen molar-refractivity contribution in [3.63, 3.8) is 0 Å². The van der Waals surface area contributed by atoms with E-state index in [1.807, 2.05) is 0 Å². The minimum absolute atomic E-state index is 0.391. The van der Waals surface area contributed by atoms with Crippen LogP contribution in [0.15, 0.2) is 23.1 Å². The summed E-state index contributed by atoms with van der Waals surface area (Å²) in [5.74, 6) is -0.391. The molecule has 1 aromatic rings. The van der Waals surface area contributed by atoms with Crippen LogP contribution in [0.2, 0.25) is 5.02 Å². The fourth-order valence-electron chi connectivity index (χ4n) is 1.13. The number of urea groups is 1. The summed E-state index contributed by atoms with van der Waals surface area (Å²) in [4.78, 5) is 23.4. The van der Waals surface area contributed by atoms with Crippen molar-refractivity contribution < 1.29 is 9.59 Å². The molecule has 1 atom stereocenters. The predicted molar refractivity (Wildman–Crippen MR) is 73.8 cm³/mol. The molecule has 1 unspecified atom stereocenters. The molecule has 0 saturated heterocycles. The molecule has 4 N–H and O–H groups in total. The van der Waals surface area contributed by atoms with E-state index in [-0.39, 0.29) is 0 Å². The molecule has 0 bridgehead atoms. The molecule has 0 heterocycles. The summed E-state index contributed by atoms with van der Waals surface area (Å²) in [5.41, 5.74) is 6.22. The van der Waals surface area contributed by atoms with Gasteiger partial charge in [-0.25, -0.2) is 4.79 Å². The standard InChI is InChI=1S/C11H14ClN3O2S/c1-6(10(16)15-11(17)14-2)18-9-5-7(13)3-4-8(9)12/h3-6H,13H2,1-2H3,(H2,14,15,16,17). The Labute approximate surface area is 114 Å². The maximum Gasteiger partial charge on any atom is 0.321 e. The summed E-state index contributed by atoms with van der Waals surface area (Å²) in [5, 5.41) is 4.57. The number of halogens is 1. The minimum Gasteiger partial charge on any atom is -0.399 e. The number of rotatable bonds is 3. The van der Waals surface area contributed by atoms with Crippen LogP contribution in [0.3, 0.4) is 0 Å². The van der Waals surface area contributed by atoms with Gasteiger partial charge in [-0.3, -0.25) is 10.1 Å². The van der Waals surface area contributed by atoms with Gasteiger partial charge in [0.2, 0.25) is 5.91 Å². The third-order valence-electron chi connectivity index (χ3n) is 2.09. The molecule has 0 aliphatic heterocycles. The Hall–Kier alpha value is -1.40. The first-order chi connectivity index (χ1) is 8.43. The first-order valence-corrected chi connectivity index (χ1v) is 6.44. The molecule has 0 aromatic heterocycles. The summed E-state index contributed by atoms with van der Waals surface area (Å²) in [6, 6.07) is 4.51. The molecule has 0 radical (unpaired) electrons. The summed E-state index contributed by atoms with van der Waals surface area (Å²) >= 11 is 7.23. The highest BCUT2D eigenvalue weighted by Gasteiger charge is 2.17. The van der Waals surface area contributed by atoms with Crippen LogP contribution < -0.4 is 16.4 Å². The van der Waals surface area contributed by atoms with E-state index in [4.69, 9.17) is 17.3 Å². The van der Waals surface area contributed by atoms with Crippen LogP contribution in [0.1, 0.15) is 6.92 Å². The maximum absolute atomic E-state index is 11.6. The number of hydrogen-bond acceptors (Lipinski definition) is 4. The zero-order valence-electron chi connectivity index (χ0n) is 9.99. The molecule has 3 amide bonds. The highest BCUT2D eigenvalue weighted by molar-refractivity contribution is 8.00.